The zero-order chi connectivity index (χ0) is 39.5. The van der Waals surface area contributed by atoms with E-state index in [4.69, 9.17) is 18.9 Å². The Labute approximate surface area is 328 Å². The number of nitrogens with zero attached hydrogens (tertiary/aromatic N) is 2. The van der Waals surface area contributed by atoms with Crippen molar-refractivity contribution in [3.63, 3.8) is 0 Å². The van der Waals surface area contributed by atoms with E-state index in [1.54, 1.807) is 13.2 Å². The summed E-state index contributed by atoms with van der Waals surface area (Å²) in [6.07, 6.45) is 10.3. The van der Waals surface area contributed by atoms with Crippen molar-refractivity contribution < 1.29 is 46.5 Å². The Morgan fingerprint density at radius 2 is 1.66 bits per heavy atom. The molecule has 2 aromatic rings. The number of fused-ring (bicyclic) bond motifs is 4. The lowest BCUT2D eigenvalue weighted by molar-refractivity contribution is -0.141. The number of carbonyl (C=O) groups is 4. The number of carbonyl (C=O) groups excluding carboxylic acids is 4. The first kappa shape index (κ1) is 39.9. The summed E-state index contributed by atoms with van der Waals surface area (Å²) in [7, 11) is -0.731. The SMILES string of the molecule is COc1cc2c3cc(c(OC)cc3n1)CCCCCCCOC(=O)N[C@H]1CCCCCCC[C@H]3C[C@@]3(C(=O)NS(=O)(=O)C3CC3)NC(=O)[C@@H]3C[C@H](CN3C1=O)O2. The summed E-state index contributed by atoms with van der Waals surface area (Å²) in [6.45, 7) is 0.231. The minimum Gasteiger partial charge on any atom is -0.496 e. The van der Waals surface area contributed by atoms with Gasteiger partial charge in [0.25, 0.3) is 5.91 Å². The van der Waals surface area contributed by atoms with Gasteiger partial charge < -0.3 is 34.5 Å². The lowest BCUT2D eigenvalue weighted by atomic mass is 10.0. The standard InChI is InChI=1S/C40H55N5O10S/c1-52-33-21-31-29-19-25(33)13-9-5-4-8-12-18-54-39(49)42-30-15-11-7-3-6-10-14-26-23-40(26,38(48)44-56(50,51)28-16-17-28)43-36(46)32-20-27(24-45(32)37(30)47)55-34(29)22-35(41-31)53-2/h19,21-22,26-28,30,32H,3-18,20,23-24H2,1-2H3,(H,42,49)(H,43,46)(H,44,48)/t26-,27+,30-,32-,40+/m0/s1. The number of hydrogen-bond acceptors (Lipinski definition) is 11. The highest BCUT2D eigenvalue weighted by Gasteiger charge is 2.62. The largest absolute Gasteiger partial charge is 0.496 e. The van der Waals surface area contributed by atoms with Gasteiger partial charge >= 0.3 is 6.09 Å². The lowest BCUT2D eigenvalue weighted by Crippen LogP contribution is -2.58. The molecule has 1 aromatic carbocycles. The van der Waals surface area contributed by atoms with Gasteiger partial charge in [-0.3, -0.25) is 19.1 Å². The Morgan fingerprint density at radius 1 is 0.929 bits per heavy atom. The maximum absolute atomic E-state index is 14.6. The fourth-order valence-corrected chi connectivity index (χ4v) is 9.93. The van der Waals surface area contributed by atoms with Gasteiger partial charge in [-0.15, -0.1) is 0 Å². The Kier molecular flexibility index (Phi) is 12.1. The van der Waals surface area contributed by atoms with E-state index in [0.717, 1.165) is 68.7 Å². The van der Waals surface area contributed by atoms with Crippen LogP contribution in [0.25, 0.3) is 10.9 Å². The van der Waals surface area contributed by atoms with E-state index < -0.39 is 62.8 Å². The summed E-state index contributed by atoms with van der Waals surface area (Å²) in [6, 6.07) is 3.54. The summed E-state index contributed by atoms with van der Waals surface area (Å²) in [5.41, 5.74) is 0.177. The number of nitrogens with one attached hydrogen (secondary N) is 3. The maximum Gasteiger partial charge on any atom is 0.407 e. The monoisotopic (exact) mass is 797 g/mol. The molecule has 5 aliphatic rings. The van der Waals surface area contributed by atoms with Crippen LogP contribution in [0.1, 0.15) is 108 Å². The molecule has 4 amide bonds. The molecule has 0 radical (unpaired) electrons. The molecule has 306 valence electrons. The molecule has 3 N–H and O–H groups in total. The first-order valence-electron chi connectivity index (χ1n) is 20.4. The average molecular weight is 798 g/mol. The van der Waals surface area contributed by atoms with Gasteiger partial charge in [0.2, 0.25) is 27.7 Å². The Hall–Kier alpha value is -4.34. The molecule has 4 heterocycles. The zero-order valence-corrected chi connectivity index (χ0v) is 33.3. The fourth-order valence-electron chi connectivity index (χ4n) is 8.56. The topological polar surface area (TPSA) is 192 Å². The van der Waals surface area contributed by atoms with Crippen molar-refractivity contribution in [3.05, 3.63) is 23.8 Å². The molecule has 2 aliphatic carbocycles. The molecule has 56 heavy (non-hydrogen) atoms. The van der Waals surface area contributed by atoms with Gasteiger partial charge in [0.15, 0.2) is 0 Å². The number of pyridine rings is 1. The summed E-state index contributed by atoms with van der Waals surface area (Å²) >= 11 is 0. The highest BCUT2D eigenvalue weighted by Crippen LogP contribution is 2.48. The Balaban J connectivity index is 1.24. The van der Waals surface area contributed by atoms with Crippen LogP contribution in [-0.4, -0.2) is 98.5 Å². The van der Waals surface area contributed by atoms with Gasteiger partial charge in [-0.2, -0.15) is 0 Å². The van der Waals surface area contributed by atoms with Crippen molar-refractivity contribution in [2.45, 2.75) is 138 Å². The molecular formula is C40H55N5O10S. The molecule has 0 spiro atoms. The Morgan fingerprint density at radius 3 is 2.41 bits per heavy atom. The normalized spacial score (nSPS) is 28.4. The van der Waals surface area contributed by atoms with Crippen LogP contribution in [-0.2, 0) is 35.6 Å². The smallest absolute Gasteiger partial charge is 0.407 e. The van der Waals surface area contributed by atoms with Gasteiger partial charge in [-0.1, -0.05) is 51.4 Å². The summed E-state index contributed by atoms with van der Waals surface area (Å²) in [5.74, 6) is -0.530. The lowest BCUT2D eigenvalue weighted by Gasteiger charge is -2.29. The number of hydrogen-bond donors (Lipinski definition) is 3. The summed E-state index contributed by atoms with van der Waals surface area (Å²) < 4.78 is 51.6. The van der Waals surface area contributed by atoms with Gasteiger partial charge in [0.1, 0.15) is 35.2 Å². The fraction of sp³-hybridized carbons (Fsp3) is 0.675. The summed E-state index contributed by atoms with van der Waals surface area (Å²) in [4.78, 5) is 62.1. The van der Waals surface area contributed by atoms with Crippen LogP contribution in [0, 0.1) is 5.92 Å². The van der Waals surface area contributed by atoms with E-state index in [1.165, 1.54) is 12.0 Å². The second-order valence-electron chi connectivity index (χ2n) is 16.1. The van der Waals surface area contributed by atoms with Crippen LogP contribution in [0.3, 0.4) is 0 Å². The van der Waals surface area contributed by atoms with E-state index in [9.17, 15) is 27.6 Å². The van der Waals surface area contributed by atoms with Gasteiger partial charge in [0, 0.05) is 23.9 Å². The number of aromatic nitrogens is 1. The van der Waals surface area contributed by atoms with E-state index in [1.807, 2.05) is 12.1 Å². The van der Waals surface area contributed by atoms with Crippen LogP contribution in [0.4, 0.5) is 4.79 Å². The Bertz CT molecular complexity index is 1920. The average Bonchev–Trinajstić information content (AvgIpc) is 4.10. The maximum atomic E-state index is 14.6. The number of methoxy groups -OCH3 is 2. The van der Waals surface area contributed by atoms with Crippen LogP contribution in [0.5, 0.6) is 17.4 Å². The second-order valence-corrected chi connectivity index (χ2v) is 18.0. The number of ether oxygens (including phenoxy) is 4. The molecule has 1 aromatic heterocycles. The van der Waals surface area contributed by atoms with Gasteiger partial charge in [-0.05, 0) is 68.9 Å². The van der Waals surface area contributed by atoms with Gasteiger partial charge in [0.05, 0.1) is 38.1 Å². The number of rotatable bonds is 5. The van der Waals surface area contributed by atoms with E-state index in [2.05, 4.69) is 20.3 Å². The number of aryl methyl sites for hydroxylation is 1. The van der Waals surface area contributed by atoms with E-state index in [0.29, 0.717) is 67.8 Å². The van der Waals surface area contributed by atoms with E-state index >= 15 is 0 Å². The molecule has 15 nitrogen and oxygen atoms in total. The second kappa shape index (κ2) is 17.0. The first-order valence-corrected chi connectivity index (χ1v) is 21.9. The molecule has 2 saturated heterocycles. The van der Waals surface area contributed by atoms with Crippen molar-refractivity contribution >= 4 is 44.7 Å². The first-order chi connectivity index (χ1) is 27.0. The van der Waals surface area contributed by atoms with Crippen LogP contribution < -0.4 is 29.6 Å². The van der Waals surface area contributed by atoms with E-state index in [-0.39, 0.29) is 25.5 Å². The molecule has 2 saturated carbocycles. The number of benzene rings is 1. The van der Waals surface area contributed by atoms with Crippen molar-refractivity contribution in [1.29, 1.82) is 0 Å². The predicted molar refractivity (Wildman–Crippen MR) is 206 cm³/mol. The van der Waals surface area contributed by atoms with Crippen LogP contribution in [0.15, 0.2) is 18.2 Å². The zero-order valence-electron chi connectivity index (χ0n) is 32.4. The minimum absolute atomic E-state index is 0.0119. The number of amides is 4. The van der Waals surface area contributed by atoms with Crippen molar-refractivity contribution in [2.75, 3.05) is 27.4 Å². The molecule has 7 rings (SSSR count). The molecule has 16 heteroatoms. The molecule has 5 atom stereocenters. The third-order valence-corrected chi connectivity index (χ3v) is 13.8. The highest BCUT2D eigenvalue weighted by atomic mass is 32.2. The van der Waals surface area contributed by atoms with Crippen LogP contribution in [0.2, 0.25) is 0 Å². The molecule has 4 fully saturated rings. The number of cyclic esters (lactones) is 1. The summed E-state index contributed by atoms with van der Waals surface area (Å²) in [5, 5.41) is 5.88. The third kappa shape index (κ3) is 8.94. The van der Waals surface area contributed by atoms with Crippen LogP contribution >= 0.6 is 0 Å². The quantitative estimate of drug-likeness (QED) is 0.388. The molecule has 3 aliphatic heterocycles. The predicted octanol–water partition coefficient (Wildman–Crippen LogP) is 4.43. The van der Waals surface area contributed by atoms with Crippen molar-refractivity contribution in [3.8, 4) is 17.4 Å². The molecular weight excluding hydrogens is 743 g/mol. The number of alkyl carbamates (subject to hydrolysis) is 1. The highest BCUT2D eigenvalue weighted by molar-refractivity contribution is 7.91. The number of sulfonamides is 1. The van der Waals surface area contributed by atoms with Gasteiger partial charge in [-0.25, -0.2) is 18.2 Å². The third-order valence-electron chi connectivity index (χ3n) is 12.0. The molecule has 5 bridgehead atoms. The molecule has 0 unspecified atom stereocenters. The minimum atomic E-state index is -3.87. The van der Waals surface area contributed by atoms with Crippen molar-refractivity contribution in [1.82, 2.24) is 25.2 Å². The van der Waals surface area contributed by atoms with Crippen molar-refractivity contribution in [2.24, 2.45) is 5.92 Å².